The fourth-order valence-corrected chi connectivity index (χ4v) is 4.09. The first-order valence-electron chi connectivity index (χ1n) is 8.94. The first-order chi connectivity index (χ1) is 10.3. The molecule has 5 heteroatoms. The monoisotopic (exact) mass is 333 g/mol. The lowest BCUT2D eigenvalue weighted by molar-refractivity contribution is 0.435. The molecule has 0 saturated carbocycles. The first-order valence-corrected chi connectivity index (χ1v) is 10.6. The van der Waals surface area contributed by atoms with Crippen LogP contribution < -0.4 is 0 Å². The molecular weight excluding hydrogens is 296 g/mol. The molecule has 3 nitrogen and oxygen atoms in total. The van der Waals surface area contributed by atoms with Crippen molar-refractivity contribution in [2.24, 2.45) is 4.52 Å². The maximum Gasteiger partial charge on any atom is 0.0984 e. The molecule has 0 aromatic rings. The minimum absolute atomic E-state index is 0.650. The van der Waals surface area contributed by atoms with Gasteiger partial charge in [0.05, 0.1) is 17.4 Å². The van der Waals surface area contributed by atoms with Crippen LogP contribution in [0.3, 0.4) is 0 Å². The standard InChI is InChI=1S/C16H37N3P2/c1-5-9-13-18(14-10-6-2)20-17-21-19(15-11-7-3)16-12-8-4/h20H,5-16H2,1-4H3. The van der Waals surface area contributed by atoms with Crippen molar-refractivity contribution in [3.8, 4) is 0 Å². The third-order valence-electron chi connectivity index (χ3n) is 3.46. The minimum Gasteiger partial charge on any atom is -0.266 e. The lowest BCUT2D eigenvalue weighted by atomic mass is 10.3. The van der Waals surface area contributed by atoms with Crippen molar-refractivity contribution in [1.82, 2.24) is 9.34 Å². The minimum atomic E-state index is 0.650. The summed E-state index contributed by atoms with van der Waals surface area (Å²) in [6.45, 7) is 13.9. The third-order valence-corrected chi connectivity index (χ3v) is 5.56. The molecule has 1 atom stereocenters. The van der Waals surface area contributed by atoms with Gasteiger partial charge >= 0.3 is 0 Å². The predicted molar refractivity (Wildman–Crippen MR) is 100 cm³/mol. The lowest BCUT2D eigenvalue weighted by Crippen LogP contribution is -2.16. The molecule has 0 fully saturated rings. The Morgan fingerprint density at radius 1 is 0.714 bits per heavy atom. The van der Waals surface area contributed by atoms with Gasteiger partial charge in [-0.3, -0.25) is 4.67 Å². The Balaban J connectivity index is 4.19. The molecule has 1 unspecified atom stereocenters. The zero-order chi connectivity index (χ0) is 15.8. The smallest absolute Gasteiger partial charge is 0.0984 e. The van der Waals surface area contributed by atoms with Crippen LogP contribution in [-0.2, 0) is 0 Å². The van der Waals surface area contributed by atoms with E-state index >= 15 is 0 Å². The molecule has 0 saturated heterocycles. The second-order valence-corrected chi connectivity index (χ2v) is 8.02. The summed E-state index contributed by atoms with van der Waals surface area (Å²) in [4.78, 5) is 0. The molecule has 0 aliphatic heterocycles. The molecule has 0 rings (SSSR count). The van der Waals surface area contributed by atoms with E-state index in [0.29, 0.717) is 8.88 Å². The fourth-order valence-electron chi connectivity index (χ4n) is 1.94. The summed E-state index contributed by atoms with van der Waals surface area (Å²) in [5.41, 5.74) is 0. The van der Waals surface area contributed by atoms with Crippen LogP contribution in [0.5, 0.6) is 0 Å². The maximum atomic E-state index is 4.84. The van der Waals surface area contributed by atoms with Gasteiger partial charge in [-0.05, 0) is 25.7 Å². The number of hydrogen-bond acceptors (Lipinski definition) is 2. The molecule has 0 heterocycles. The predicted octanol–water partition coefficient (Wildman–Crippen LogP) is 6.34. The van der Waals surface area contributed by atoms with Crippen LogP contribution in [0.4, 0.5) is 0 Å². The Hall–Kier alpha value is 0.450. The Bertz CT molecular complexity index is 222. The maximum absolute atomic E-state index is 4.84. The van der Waals surface area contributed by atoms with Gasteiger partial charge < -0.3 is 0 Å². The van der Waals surface area contributed by atoms with Crippen molar-refractivity contribution in [2.45, 2.75) is 79.1 Å². The highest BCUT2D eigenvalue weighted by Crippen LogP contribution is 2.27. The van der Waals surface area contributed by atoms with Gasteiger partial charge in [0.25, 0.3) is 0 Å². The van der Waals surface area contributed by atoms with Crippen LogP contribution in [-0.4, -0.2) is 35.5 Å². The summed E-state index contributed by atoms with van der Waals surface area (Å²) in [7, 11) is 1.85. The molecule has 0 spiro atoms. The zero-order valence-electron chi connectivity index (χ0n) is 14.8. The number of hydrogen-bond donors (Lipinski definition) is 0. The summed E-state index contributed by atoms with van der Waals surface area (Å²) < 4.78 is 9.90. The quantitative estimate of drug-likeness (QED) is 0.325. The van der Waals surface area contributed by atoms with Crippen molar-refractivity contribution in [1.29, 1.82) is 0 Å². The van der Waals surface area contributed by atoms with Gasteiger partial charge in [0.2, 0.25) is 0 Å². The van der Waals surface area contributed by atoms with Gasteiger partial charge in [0.15, 0.2) is 0 Å². The van der Waals surface area contributed by atoms with E-state index in [1.807, 2.05) is 0 Å². The molecule has 126 valence electrons. The van der Waals surface area contributed by atoms with Gasteiger partial charge in [-0.15, -0.1) is 0 Å². The molecular formula is C16H37N3P2. The van der Waals surface area contributed by atoms with Crippen LogP contribution in [0.15, 0.2) is 4.52 Å². The zero-order valence-corrected chi connectivity index (χ0v) is 16.7. The highest BCUT2D eigenvalue weighted by molar-refractivity contribution is 7.42. The van der Waals surface area contributed by atoms with Crippen LogP contribution in [0.2, 0.25) is 0 Å². The van der Waals surface area contributed by atoms with Crippen molar-refractivity contribution in [2.75, 3.05) is 26.2 Å². The molecule has 0 aliphatic carbocycles. The SMILES string of the molecule is CCCCN(CCCC)P=NPN(CCCC)CCCC. The van der Waals surface area contributed by atoms with E-state index in [2.05, 4.69) is 37.0 Å². The second-order valence-electron chi connectivity index (χ2n) is 5.64. The van der Waals surface area contributed by atoms with Crippen molar-refractivity contribution < 1.29 is 0 Å². The summed E-state index contributed by atoms with van der Waals surface area (Å²) in [5.74, 6) is 0. The molecule has 0 aromatic carbocycles. The molecule has 0 bridgehead atoms. The first kappa shape index (κ1) is 21.4. The van der Waals surface area contributed by atoms with Crippen molar-refractivity contribution >= 4 is 17.4 Å². The van der Waals surface area contributed by atoms with Crippen molar-refractivity contribution in [3.05, 3.63) is 0 Å². The summed E-state index contributed by atoms with van der Waals surface area (Å²) in [5, 5.41) is 0. The number of rotatable bonds is 15. The highest BCUT2D eigenvalue weighted by atomic mass is 31.1. The average molecular weight is 333 g/mol. The van der Waals surface area contributed by atoms with E-state index in [1.165, 1.54) is 86.1 Å². The Kier molecular flexibility index (Phi) is 17.2. The van der Waals surface area contributed by atoms with Crippen LogP contribution in [0.25, 0.3) is 0 Å². The third kappa shape index (κ3) is 13.8. The van der Waals surface area contributed by atoms with E-state index in [-0.39, 0.29) is 0 Å². The van der Waals surface area contributed by atoms with E-state index in [4.69, 9.17) is 4.52 Å². The molecule has 21 heavy (non-hydrogen) atoms. The second kappa shape index (κ2) is 16.8. The largest absolute Gasteiger partial charge is 0.266 e. The Morgan fingerprint density at radius 3 is 1.57 bits per heavy atom. The Morgan fingerprint density at radius 2 is 1.14 bits per heavy atom. The topological polar surface area (TPSA) is 18.8 Å². The van der Waals surface area contributed by atoms with E-state index < -0.39 is 0 Å². The molecule has 0 radical (unpaired) electrons. The van der Waals surface area contributed by atoms with E-state index in [0.717, 1.165) is 0 Å². The molecule has 0 aromatic heterocycles. The van der Waals surface area contributed by atoms with Crippen LogP contribution in [0.1, 0.15) is 79.1 Å². The number of nitrogens with zero attached hydrogens (tertiary/aromatic N) is 3. The normalized spacial score (nSPS) is 12.7. The molecule has 0 aliphatic rings. The summed E-state index contributed by atoms with van der Waals surface area (Å²) in [6, 6.07) is 0. The van der Waals surface area contributed by atoms with Crippen LogP contribution >= 0.6 is 17.4 Å². The van der Waals surface area contributed by atoms with E-state index in [1.54, 1.807) is 0 Å². The van der Waals surface area contributed by atoms with Crippen molar-refractivity contribution in [3.63, 3.8) is 0 Å². The summed E-state index contributed by atoms with van der Waals surface area (Å²) >= 11 is 0. The average Bonchev–Trinajstić information content (AvgIpc) is 2.51. The highest BCUT2D eigenvalue weighted by Gasteiger charge is 2.04. The summed E-state index contributed by atoms with van der Waals surface area (Å²) in [6.07, 6.45) is 10.3. The van der Waals surface area contributed by atoms with Gasteiger partial charge in [-0.1, -0.05) is 53.4 Å². The Labute approximate surface area is 137 Å². The van der Waals surface area contributed by atoms with Gasteiger partial charge in [0.1, 0.15) is 0 Å². The van der Waals surface area contributed by atoms with Crippen LogP contribution in [0, 0.1) is 0 Å². The molecule has 0 N–H and O–H groups in total. The van der Waals surface area contributed by atoms with Gasteiger partial charge in [-0.25, -0.2) is 9.19 Å². The fraction of sp³-hybridized carbons (Fsp3) is 1.00. The van der Waals surface area contributed by atoms with Gasteiger partial charge in [0, 0.05) is 26.2 Å². The lowest BCUT2D eigenvalue weighted by Gasteiger charge is -2.20. The number of unbranched alkanes of at least 4 members (excludes halogenated alkanes) is 4. The molecule has 0 amide bonds. The van der Waals surface area contributed by atoms with Gasteiger partial charge in [-0.2, -0.15) is 0 Å². The van der Waals surface area contributed by atoms with E-state index in [9.17, 15) is 0 Å².